The third kappa shape index (κ3) is 7.77. The number of carbonyl (C=O) groups is 1. The van der Waals surface area contributed by atoms with Crippen molar-refractivity contribution in [3.05, 3.63) is 73.1 Å². The average molecular weight is 481 g/mol. The van der Waals surface area contributed by atoms with Gasteiger partial charge in [-0.2, -0.15) is 0 Å². The van der Waals surface area contributed by atoms with E-state index in [0.717, 1.165) is 24.3 Å². The number of aromatic nitrogens is 1. The predicted molar refractivity (Wildman–Crippen MR) is 112 cm³/mol. The number of pyridine rings is 1. The fraction of sp³-hybridized carbons (Fsp3) is 0.143. The van der Waals surface area contributed by atoms with E-state index in [1.54, 1.807) is 48.8 Å². The Balaban J connectivity index is 1.46. The minimum absolute atomic E-state index is 0.163. The van der Waals surface area contributed by atoms with E-state index in [4.69, 9.17) is 4.74 Å². The molecule has 0 aliphatic carbocycles. The second-order valence-electron chi connectivity index (χ2n) is 6.52. The first-order valence-corrected chi connectivity index (χ1v) is 10.9. The fourth-order valence-corrected chi connectivity index (χ4v) is 3.61. The zero-order valence-corrected chi connectivity index (χ0v) is 17.7. The predicted octanol–water partition coefficient (Wildman–Crippen LogP) is 4.08. The van der Waals surface area contributed by atoms with Gasteiger partial charge in [0.05, 0.1) is 4.90 Å². The van der Waals surface area contributed by atoms with Gasteiger partial charge in [-0.15, -0.1) is 13.2 Å². The minimum Gasteiger partial charge on any atom is -0.457 e. The van der Waals surface area contributed by atoms with Crippen LogP contribution in [0.25, 0.3) is 0 Å². The van der Waals surface area contributed by atoms with Crippen molar-refractivity contribution in [2.45, 2.75) is 17.7 Å². The third-order valence-electron chi connectivity index (χ3n) is 4.04. The maximum absolute atomic E-state index is 12.2. The number of nitrogens with zero attached hydrogens (tertiary/aromatic N) is 1. The van der Waals surface area contributed by atoms with Crippen LogP contribution in [0, 0.1) is 0 Å². The first kappa shape index (κ1) is 24.0. The lowest BCUT2D eigenvalue weighted by Crippen LogP contribution is -2.27. The molecule has 2 aromatic carbocycles. The first-order valence-electron chi connectivity index (χ1n) is 9.44. The van der Waals surface area contributed by atoms with Crippen LogP contribution in [0.3, 0.4) is 0 Å². The molecule has 0 saturated heterocycles. The van der Waals surface area contributed by atoms with E-state index >= 15 is 0 Å². The van der Waals surface area contributed by atoms with Crippen LogP contribution in [0.2, 0.25) is 0 Å². The van der Waals surface area contributed by atoms with Crippen LogP contribution in [-0.4, -0.2) is 32.2 Å². The average Bonchev–Trinajstić information content (AvgIpc) is 2.75. The largest absolute Gasteiger partial charge is 0.573 e. The molecule has 1 heterocycles. The van der Waals surface area contributed by atoms with Crippen LogP contribution >= 0.6 is 0 Å². The zero-order chi connectivity index (χ0) is 23.9. The lowest BCUT2D eigenvalue weighted by Gasteiger charge is -2.10. The monoisotopic (exact) mass is 481 g/mol. The summed E-state index contributed by atoms with van der Waals surface area (Å²) in [6.07, 6.45) is -1.85. The topological polar surface area (TPSA) is 107 Å². The Labute approximate surface area is 187 Å². The van der Waals surface area contributed by atoms with Crippen LogP contribution in [0.5, 0.6) is 17.2 Å². The van der Waals surface area contributed by atoms with Gasteiger partial charge in [-0.3, -0.25) is 9.78 Å². The molecule has 0 unspecified atom stereocenters. The molecule has 174 valence electrons. The van der Waals surface area contributed by atoms with E-state index in [1.807, 2.05) is 0 Å². The van der Waals surface area contributed by atoms with E-state index in [-0.39, 0.29) is 17.9 Å². The molecule has 8 nitrogen and oxygen atoms in total. The summed E-state index contributed by atoms with van der Waals surface area (Å²) in [6, 6.07) is 13.7. The van der Waals surface area contributed by atoms with Gasteiger partial charge in [-0.05, 0) is 60.7 Å². The number of nitrogens with one attached hydrogen (secondary N) is 2. The third-order valence-corrected chi connectivity index (χ3v) is 5.51. The van der Waals surface area contributed by atoms with E-state index in [9.17, 15) is 26.4 Å². The molecule has 0 fully saturated rings. The van der Waals surface area contributed by atoms with Crippen molar-refractivity contribution in [3.63, 3.8) is 0 Å². The van der Waals surface area contributed by atoms with E-state index in [0.29, 0.717) is 17.2 Å². The van der Waals surface area contributed by atoms with Crippen molar-refractivity contribution < 1.29 is 35.9 Å². The molecule has 12 heteroatoms. The highest BCUT2D eigenvalue weighted by Crippen LogP contribution is 2.24. The molecule has 0 bridgehead atoms. The maximum atomic E-state index is 12.2. The molecule has 0 saturated carbocycles. The van der Waals surface area contributed by atoms with Crippen molar-refractivity contribution in [2.24, 2.45) is 0 Å². The molecule has 0 radical (unpaired) electrons. The number of benzene rings is 2. The van der Waals surface area contributed by atoms with E-state index in [2.05, 4.69) is 19.8 Å². The Morgan fingerprint density at radius 2 is 1.45 bits per heavy atom. The van der Waals surface area contributed by atoms with Gasteiger partial charge in [0.15, 0.2) is 0 Å². The van der Waals surface area contributed by atoms with Gasteiger partial charge in [0.2, 0.25) is 15.9 Å². The lowest BCUT2D eigenvalue weighted by molar-refractivity contribution is -0.274. The molecule has 33 heavy (non-hydrogen) atoms. The summed E-state index contributed by atoms with van der Waals surface area (Å²) in [6.45, 7) is -0.210. The highest BCUT2D eigenvalue weighted by molar-refractivity contribution is 7.89. The van der Waals surface area contributed by atoms with Crippen molar-refractivity contribution in [1.82, 2.24) is 9.71 Å². The van der Waals surface area contributed by atoms with Gasteiger partial charge in [-0.1, -0.05) is 0 Å². The summed E-state index contributed by atoms with van der Waals surface area (Å²) in [5.41, 5.74) is 0.491. The summed E-state index contributed by atoms with van der Waals surface area (Å²) < 4.78 is 72.6. The summed E-state index contributed by atoms with van der Waals surface area (Å²) in [5, 5.41) is 2.63. The Hall–Kier alpha value is -3.64. The van der Waals surface area contributed by atoms with Crippen molar-refractivity contribution in [3.8, 4) is 17.2 Å². The Morgan fingerprint density at radius 1 is 0.879 bits per heavy atom. The SMILES string of the molecule is O=C(CCNS(=O)(=O)c1ccc(OC(F)(F)F)cc1)Nc1ccc(Oc2ccncc2)cc1. The number of sulfonamides is 1. The van der Waals surface area contributed by atoms with E-state index in [1.165, 1.54) is 0 Å². The number of ether oxygens (including phenoxy) is 2. The Bertz CT molecular complexity index is 1170. The summed E-state index contributed by atoms with van der Waals surface area (Å²) in [5.74, 6) is 0.183. The second kappa shape index (κ2) is 10.3. The highest BCUT2D eigenvalue weighted by Gasteiger charge is 2.31. The molecular formula is C21H18F3N3O5S. The van der Waals surface area contributed by atoms with Gasteiger partial charge in [0.25, 0.3) is 0 Å². The molecule has 1 amide bonds. The van der Waals surface area contributed by atoms with E-state index < -0.39 is 28.0 Å². The van der Waals surface area contributed by atoms with Crippen molar-refractivity contribution in [1.29, 1.82) is 0 Å². The number of halogens is 3. The fourth-order valence-electron chi connectivity index (χ4n) is 2.57. The minimum atomic E-state index is -4.88. The van der Waals surface area contributed by atoms with Gasteiger partial charge >= 0.3 is 6.36 Å². The first-order chi connectivity index (χ1) is 15.6. The molecular weight excluding hydrogens is 463 g/mol. The number of hydrogen-bond donors (Lipinski definition) is 2. The van der Waals surface area contributed by atoms with Crippen LogP contribution < -0.4 is 19.5 Å². The standard InChI is InChI=1S/C21H18F3N3O5S/c22-21(23,24)32-18-5-7-19(8-6-18)33(29,30)26-14-11-20(28)27-15-1-3-16(4-2-15)31-17-9-12-25-13-10-17/h1-10,12-13,26H,11,14H2,(H,27,28). The Morgan fingerprint density at radius 3 is 2.06 bits per heavy atom. The summed E-state index contributed by atoms with van der Waals surface area (Å²) in [4.78, 5) is 15.7. The lowest BCUT2D eigenvalue weighted by atomic mass is 10.3. The molecule has 2 N–H and O–H groups in total. The molecule has 0 aliphatic heterocycles. The number of carbonyl (C=O) groups excluding carboxylic acids is 1. The number of rotatable bonds is 9. The van der Waals surface area contributed by atoms with Crippen molar-refractivity contribution in [2.75, 3.05) is 11.9 Å². The number of hydrogen-bond acceptors (Lipinski definition) is 6. The van der Waals surface area contributed by atoms with Gasteiger partial charge in [0.1, 0.15) is 17.2 Å². The number of amides is 1. The number of alkyl halides is 3. The molecule has 3 rings (SSSR count). The summed E-state index contributed by atoms with van der Waals surface area (Å²) in [7, 11) is -4.01. The normalized spacial score (nSPS) is 11.6. The molecule has 1 aromatic heterocycles. The maximum Gasteiger partial charge on any atom is 0.573 e. The Kier molecular flexibility index (Phi) is 7.51. The van der Waals surface area contributed by atoms with Crippen LogP contribution in [0.1, 0.15) is 6.42 Å². The molecule has 0 spiro atoms. The van der Waals surface area contributed by atoms with Crippen LogP contribution in [0.4, 0.5) is 18.9 Å². The number of anilines is 1. The van der Waals surface area contributed by atoms with Crippen LogP contribution in [-0.2, 0) is 14.8 Å². The summed E-state index contributed by atoms with van der Waals surface area (Å²) >= 11 is 0. The van der Waals surface area contributed by atoms with Gasteiger partial charge in [-0.25, -0.2) is 13.1 Å². The molecule has 0 aliphatic rings. The zero-order valence-electron chi connectivity index (χ0n) is 16.9. The van der Waals surface area contributed by atoms with Gasteiger partial charge in [0, 0.05) is 31.0 Å². The molecule has 3 aromatic rings. The quantitative estimate of drug-likeness (QED) is 0.477. The second-order valence-corrected chi connectivity index (χ2v) is 8.29. The molecule has 0 atom stereocenters. The highest BCUT2D eigenvalue weighted by atomic mass is 32.2. The van der Waals surface area contributed by atoms with Gasteiger partial charge < -0.3 is 14.8 Å². The van der Waals surface area contributed by atoms with Crippen molar-refractivity contribution >= 4 is 21.6 Å². The smallest absolute Gasteiger partial charge is 0.457 e. The van der Waals surface area contributed by atoms with Crippen LogP contribution in [0.15, 0.2) is 78.0 Å².